The van der Waals surface area contributed by atoms with Crippen LogP contribution in [0.4, 0.5) is 0 Å². The van der Waals surface area contributed by atoms with Gasteiger partial charge in [0.25, 0.3) is 11.5 Å². The maximum Gasteiger partial charge on any atom is 0.267 e. The molecule has 8 heteroatoms. The number of aromatic nitrogens is 3. The SMILES string of the molecule is CCOCCCn1c(=N)c(C(=O)NC2CCCCC2)cc2c(=O)n3cc(C)ccc3nc21. The van der Waals surface area contributed by atoms with Gasteiger partial charge in [0.05, 0.1) is 10.9 Å². The first kappa shape index (κ1) is 22.2. The van der Waals surface area contributed by atoms with Gasteiger partial charge in [-0.05, 0) is 50.8 Å². The number of amides is 1. The van der Waals surface area contributed by atoms with Crippen LogP contribution >= 0.6 is 0 Å². The molecule has 0 aliphatic heterocycles. The number of fused-ring (bicyclic) bond motifs is 2. The Balaban J connectivity index is 1.84. The van der Waals surface area contributed by atoms with Crippen molar-refractivity contribution < 1.29 is 9.53 Å². The monoisotopic (exact) mass is 437 g/mol. The third-order valence-corrected chi connectivity index (χ3v) is 6.11. The molecule has 170 valence electrons. The van der Waals surface area contributed by atoms with Crippen LogP contribution < -0.4 is 16.4 Å². The number of hydrogen-bond donors (Lipinski definition) is 2. The van der Waals surface area contributed by atoms with Gasteiger partial charge in [-0.15, -0.1) is 0 Å². The van der Waals surface area contributed by atoms with E-state index in [4.69, 9.17) is 10.1 Å². The molecule has 3 aromatic heterocycles. The second-order valence-electron chi connectivity index (χ2n) is 8.51. The average Bonchev–Trinajstić information content (AvgIpc) is 2.79. The molecule has 2 N–H and O–H groups in total. The summed E-state index contributed by atoms with van der Waals surface area (Å²) in [5, 5.41) is 12.2. The van der Waals surface area contributed by atoms with Crippen LogP contribution in [0.3, 0.4) is 0 Å². The van der Waals surface area contributed by atoms with E-state index in [2.05, 4.69) is 10.3 Å². The van der Waals surface area contributed by atoms with E-state index >= 15 is 0 Å². The molecule has 0 spiro atoms. The number of carbonyl (C=O) groups excluding carboxylic acids is 1. The minimum absolute atomic E-state index is 0.0747. The molecule has 0 atom stereocenters. The smallest absolute Gasteiger partial charge is 0.267 e. The standard InChI is InChI=1S/C24H31N5O3/c1-3-32-13-7-12-28-21(25)18(23(30)26-17-8-5-4-6-9-17)14-19-22(28)27-20-11-10-16(2)15-29(20)24(19)31/h10-11,14-15,17,25H,3-9,12-13H2,1-2H3,(H,26,30). The largest absolute Gasteiger partial charge is 0.382 e. The highest BCUT2D eigenvalue weighted by atomic mass is 16.5. The topological polar surface area (TPSA) is 101 Å². The summed E-state index contributed by atoms with van der Waals surface area (Å²) in [6.45, 7) is 5.45. The third kappa shape index (κ3) is 4.46. The van der Waals surface area contributed by atoms with Gasteiger partial charge >= 0.3 is 0 Å². The highest BCUT2D eigenvalue weighted by Gasteiger charge is 2.21. The predicted molar refractivity (Wildman–Crippen MR) is 123 cm³/mol. The van der Waals surface area contributed by atoms with Crippen molar-refractivity contribution in [3.8, 4) is 0 Å². The minimum atomic E-state index is -0.295. The average molecular weight is 438 g/mol. The maximum atomic E-state index is 13.3. The summed E-state index contributed by atoms with van der Waals surface area (Å²) in [5.41, 5.74) is 1.94. The van der Waals surface area contributed by atoms with Gasteiger partial charge in [0.1, 0.15) is 16.8 Å². The van der Waals surface area contributed by atoms with Gasteiger partial charge in [0.2, 0.25) is 0 Å². The van der Waals surface area contributed by atoms with E-state index in [0.717, 1.165) is 31.2 Å². The van der Waals surface area contributed by atoms with Gasteiger partial charge in [-0.25, -0.2) is 4.98 Å². The fraction of sp³-hybridized carbons (Fsp3) is 0.500. The van der Waals surface area contributed by atoms with E-state index < -0.39 is 0 Å². The van der Waals surface area contributed by atoms with E-state index in [1.807, 2.05) is 19.9 Å². The van der Waals surface area contributed by atoms with Gasteiger partial charge in [-0.2, -0.15) is 0 Å². The first-order chi connectivity index (χ1) is 15.5. The lowest BCUT2D eigenvalue weighted by Gasteiger charge is -2.23. The van der Waals surface area contributed by atoms with E-state index in [0.29, 0.717) is 42.9 Å². The number of nitrogens with one attached hydrogen (secondary N) is 2. The molecule has 1 saturated carbocycles. The number of ether oxygens (including phenoxy) is 1. The fourth-order valence-electron chi connectivity index (χ4n) is 4.41. The van der Waals surface area contributed by atoms with Gasteiger partial charge < -0.3 is 14.6 Å². The molecule has 0 unspecified atom stereocenters. The number of hydrogen-bond acceptors (Lipinski definition) is 5. The molecule has 1 fully saturated rings. The Bertz CT molecular complexity index is 1250. The van der Waals surface area contributed by atoms with Crippen LogP contribution in [0.1, 0.15) is 61.4 Å². The van der Waals surface area contributed by atoms with Crippen molar-refractivity contribution in [2.45, 2.75) is 65.0 Å². The molecular weight excluding hydrogens is 406 g/mol. The second-order valence-corrected chi connectivity index (χ2v) is 8.51. The number of pyridine rings is 2. The molecule has 0 saturated heterocycles. The Hall–Kier alpha value is -3.00. The van der Waals surface area contributed by atoms with Gasteiger partial charge in [-0.1, -0.05) is 25.3 Å². The number of carbonyl (C=O) groups is 1. The number of nitrogens with zero attached hydrogens (tertiary/aromatic N) is 3. The van der Waals surface area contributed by atoms with Crippen molar-refractivity contribution in [1.29, 1.82) is 5.41 Å². The van der Waals surface area contributed by atoms with Crippen molar-refractivity contribution in [2.24, 2.45) is 0 Å². The molecule has 1 amide bonds. The predicted octanol–water partition coefficient (Wildman–Crippen LogP) is 2.93. The lowest BCUT2D eigenvalue weighted by molar-refractivity contribution is 0.0925. The molecule has 1 aliphatic carbocycles. The zero-order valence-corrected chi connectivity index (χ0v) is 18.8. The molecule has 8 nitrogen and oxygen atoms in total. The molecule has 1 aliphatic rings. The van der Waals surface area contributed by atoms with Crippen molar-refractivity contribution >= 4 is 22.6 Å². The summed E-state index contributed by atoms with van der Waals surface area (Å²) in [7, 11) is 0. The van der Waals surface area contributed by atoms with E-state index in [-0.39, 0.29) is 28.6 Å². The van der Waals surface area contributed by atoms with Gasteiger partial charge in [0.15, 0.2) is 0 Å². The van der Waals surface area contributed by atoms with Crippen LogP contribution in [0.25, 0.3) is 16.7 Å². The Morgan fingerprint density at radius 3 is 2.81 bits per heavy atom. The third-order valence-electron chi connectivity index (χ3n) is 6.11. The number of rotatable bonds is 7. The summed E-state index contributed by atoms with van der Waals surface area (Å²) in [4.78, 5) is 31.2. The Kier molecular flexibility index (Phi) is 6.69. The van der Waals surface area contributed by atoms with Crippen molar-refractivity contribution in [2.75, 3.05) is 13.2 Å². The fourth-order valence-corrected chi connectivity index (χ4v) is 4.41. The molecule has 3 heterocycles. The molecule has 3 aromatic rings. The first-order valence-corrected chi connectivity index (χ1v) is 11.5. The zero-order chi connectivity index (χ0) is 22.7. The van der Waals surface area contributed by atoms with Crippen molar-refractivity contribution in [3.05, 3.63) is 51.4 Å². The van der Waals surface area contributed by atoms with E-state index in [1.54, 1.807) is 22.9 Å². The Morgan fingerprint density at radius 1 is 1.28 bits per heavy atom. The van der Waals surface area contributed by atoms with Crippen LogP contribution in [0.2, 0.25) is 0 Å². The van der Waals surface area contributed by atoms with Crippen LogP contribution in [0.5, 0.6) is 0 Å². The molecule has 0 radical (unpaired) electrons. The maximum absolute atomic E-state index is 13.3. The second kappa shape index (κ2) is 9.65. The van der Waals surface area contributed by atoms with Crippen molar-refractivity contribution in [1.82, 2.24) is 19.3 Å². The lowest BCUT2D eigenvalue weighted by atomic mass is 9.95. The summed E-state index contributed by atoms with van der Waals surface area (Å²) < 4.78 is 8.63. The normalized spacial score (nSPS) is 14.8. The Labute approximate surface area is 186 Å². The van der Waals surface area contributed by atoms with Crippen LogP contribution in [-0.2, 0) is 11.3 Å². The minimum Gasteiger partial charge on any atom is -0.382 e. The van der Waals surface area contributed by atoms with Crippen molar-refractivity contribution in [3.63, 3.8) is 0 Å². The molecule has 0 aromatic carbocycles. The molecule has 0 bridgehead atoms. The first-order valence-electron chi connectivity index (χ1n) is 11.5. The summed E-state index contributed by atoms with van der Waals surface area (Å²) in [5.74, 6) is -0.295. The number of aryl methyl sites for hydroxylation is 2. The molecule has 4 rings (SSSR count). The van der Waals surface area contributed by atoms with Crippen LogP contribution in [0, 0.1) is 12.3 Å². The zero-order valence-electron chi connectivity index (χ0n) is 18.8. The Morgan fingerprint density at radius 2 is 2.06 bits per heavy atom. The summed E-state index contributed by atoms with van der Waals surface area (Å²) in [6.07, 6.45) is 7.71. The van der Waals surface area contributed by atoms with E-state index in [9.17, 15) is 9.59 Å². The van der Waals surface area contributed by atoms with Crippen LogP contribution in [0.15, 0.2) is 29.2 Å². The summed E-state index contributed by atoms with van der Waals surface area (Å²) >= 11 is 0. The quantitative estimate of drug-likeness (QED) is 0.438. The lowest BCUT2D eigenvalue weighted by Crippen LogP contribution is -2.40. The highest BCUT2D eigenvalue weighted by molar-refractivity contribution is 5.97. The van der Waals surface area contributed by atoms with Gasteiger partial charge in [0, 0.05) is 32.0 Å². The highest BCUT2D eigenvalue weighted by Crippen LogP contribution is 2.18. The summed E-state index contributed by atoms with van der Waals surface area (Å²) in [6, 6.07) is 5.37. The van der Waals surface area contributed by atoms with Crippen LogP contribution in [-0.4, -0.2) is 39.1 Å². The molecule has 32 heavy (non-hydrogen) atoms. The molecular formula is C24H31N5O3. The van der Waals surface area contributed by atoms with E-state index in [1.165, 1.54) is 10.8 Å². The van der Waals surface area contributed by atoms with Gasteiger partial charge in [-0.3, -0.25) is 19.4 Å².